The molecule has 0 heterocycles. The number of carbonyl (C=O) groups excluding carboxylic acids is 1. The Morgan fingerprint density at radius 1 is 0.824 bits per heavy atom. The highest BCUT2D eigenvalue weighted by atomic mass is 16.5. The first-order valence-electron chi connectivity index (χ1n) is 11.6. The summed E-state index contributed by atoms with van der Waals surface area (Å²) in [5.41, 5.74) is 1.97. The third kappa shape index (κ3) is 6.04. The lowest BCUT2D eigenvalue weighted by Crippen LogP contribution is -2.35. The molecule has 5 nitrogen and oxygen atoms in total. The highest BCUT2D eigenvalue weighted by Gasteiger charge is 2.38. The summed E-state index contributed by atoms with van der Waals surface area (Å²) >= 11 is 0. The molecule has 0 bridgehead atoms. The summed E-state index contributed by atoms with van der Waals surface area (Å²) in [5, 5.41) is 10.0. The van der Waals surface area contributed by atoms with E-state index in [9.17, 15) is 9.90 Å². The van der Waals surface area contributed by atoms with E-state index in [-0.39, 0.29) is 18.3 Å². The zero-order chi connectivity index (χ0) is 24.4. The summed E-state index contributed by atoms with van der Waals surface area (Å²) in [6.07, 6.45) is 1.96. The van der Waals surface area contributed by atoms with E-state index >= 15 is 0 Å². The predicted molar refractivity (Wildman–Crippen MR) is 133 cm³/mol. The van der Waals surface area contributed by atoms with Crippen molar-refractivity contribution >= 4 is 5.78 Å². The molecule has 0 fully saturated rings. The Morgan fingerprint density at radius 3 is 1.76 bits per heavy atom. The Kier molecular flexibility index (Phi) is 9.25. The van der Waals surface area contributed by atoms with Crippen LogP contribution in [-0.4, -0.2) is 38.3 Å². The van der Waals surface area contributed by atoms with Gasteiger partial charge in [0.2, 0.25) is 0 Å². The summed E-state index contributed by atoms with van der Waals surface area (Å²) in [5.74, 6) is 1.60. The Bertz CT molecular complexity index is 965. The fraction of sp³-hybridized carbons (Fsp3) is 0.345. The molecule has 0 aromatic heterocycles. The number of hydrogen-bond donors (Lipinski definition) is 1. The number of carbonyl (C=O) groups is 1. The molecule has 1 atom stereocenters. The lowest BCUT2D eigenvalue weighted by Gasteiger charge is -2.37. The SMILES string of the molecule is COc1ccc(C(OCC(CO)CCCC(C)=O)(c2ccccc2)c2ccc(OC)cc2)cc1. The maximum absolute atomic E-state index is 11.4. The van der Waals surface area contributed by atoms with Gasteiger partial charge in [0.25, 0.3) is 0 Å². The molecule has 0 aliphatic heterocycles. The van der Waals surface area contributed by atoms with Gasteiger partial charge in [-0.1, -0.05) is 54.6 Å². The van der Waals surface area contributed by atoms with Crippen LogP contribution in [0.4, 0.5) is 0 Å². The molecule has 0 aliphatic rings. The van der Waals surface area contributed by atoms with Gasteiger partial charge >= 0.3 is 0 Å². The second-order valence-electron chi connectivity index (χ2n) is 8.46. The molecule has 3 aromatic carbocycles. The molecule has 1 N–H and O–H groups in total. The molecular weight excluding hydrogens is 428 g/mol. The molecular formula is C29H34O5. The van der Waals surface area contributed by atoms with Crippen LogP contribution in [0.25, 0.3) is 0 Å². The van der Waals surface area contributed by atoms with Gasteiger partial charge in [0, 0.05) is 18.9 Å². The zero-order valence-electron chi connectivity index (χ0n) is 20.2. The molecule has 0 spiro atoms. The van der Waals surface area contributed by atoms with Crippen molar-refractivity contribution in [3.8, 4) is 11.5 Å². The van der Waals surface area contributed by atoms with E-state index in [4.69, 9.17) is 14.2 Å². The van der Waals surface area contributed by atoms with E-state index in [1.165, 1.54) is 0 Å². The Labute approximate surface area is 202 Å². The van der Waals surface area contributed by atoms with E-state index < -0.39 is 5.60 Å². The Balaban J connectivity index is 2.07. The lowest BCUT2D eigenvalue weighted by molar-refractivity contribution is -0.117. The number of benzene rings is 3. The summed E-state index contributed by atoms with van der Waals surface area (Å²) < 4.78 is 17.6. The molecule has 0 amide bonds. The van der Waals surface area contributed by atoms with Gasteiger partial charge in [0.15, 0.2) is 0 Å². The summed E-state index contributed by atoms with van der Waals surface area (Å²) in [6.45, 7) is 1.92. The molecule has 0 saturated heterocycles. The van der Waals surface area contributed by atoms with E-state index in [1.54, 1.807) is 21.1 Å². The van der Waals surface area contributed by atoms with Crippen LogP contribution < -0.4 is 9.47 Å². The van der Waals surface area contributed by atoms with Crippen LogP contribution in [-0.2, 0) is 15.1 Å². The first kappa shape index (κ1) is 25.5. The second kappa shape index (κ2) is 12.4. The van der Waals surface area contributed by atoms with Gasteiger partial charge < -0.3 is 24.1 Å². The third-order valence-corrected chi connectivity index (χ3v) is 6.11. The zero-order valence-corrected chi connectivity index (χ0v) is 20.2. The molecule has 180 valence electrons. The van der Waals surface area contributed by atoms with Gasteiger partial charge in [-0.05, 0) is 60.7 Å². The van der Waals surface area contributed by atoms with Gasteiger partial charge in [-0.25, -0.2) is 0 Å². The molecule has 0 aliphatic carbocycles. The van der Waals surface area contributed by atoms with Crippen LogP contribution in [0.1, 0.15) is 42.9 Å². The average Bonchev–Trinajstić information content (AvgIpc) is 2.89. The molecule has 34 heavy (non-hydrogen) atoms. The molecule has 5 heteroatoms. The number of hydrogen-bond acceptors (Lipinski definition) is 5. The number of ketones is 1. The maximum Gasteiger partial charge on any atom is 0.143 e. The number of aliphatic hydroxyl groups is 1. The van der Waals surface area contributed by atoms with Crippen molar-refractivity contribution < 1.29 is 24.1 Å². The van der Waals surface area contributed by atoms with E-state index in [0.29, 0.717) is 19.4 Å². The van der Waals surface area contributed by atoms with Crippen molar-refractivity contribution in [3.05, 3.63) is 95.6 Å². The van der Waals surface area contributed by atoms with Gasteiger partial charge in [0.05, 0.1) is 20.8 Å². The first-order chi connectivity index (χ1) is 16.5. The van der Waals surface area contributed by atoms with Gasteiger partial charge in [-0.15, -0.1) is 0 Å². The Hall–Kier alpha value is -3.15. The monoisotopic (exact) mass is 462 g/mol. The van der Waals surface area contributed by atoms with E-state index in [1.807, 2.05) is 66.7 Å². The first-order valence-corrected chi connectivity index (χ1v) is 11.6. The van der Waals surface area contributed by atoms with Crippen LogP contribution in [0.15, 0.2) is 78.9 Å². The molecule has 0 radical (unpaired) electrons. The highest BCUT2D eigenvalue weighted by Crippen LogP contribution is 2.42. The summed E-state index contributed by atoms with van der Waals surface area (Å²) in [4.78, 5) is 11.4. The number of aliphatic hydroxyl groups excluding tert-OH is 1. The van der Waals surface area contributed by atoms with Crippen molar-refractivity contribution in [1.82, 2.24) is 0 Å². The fourth-order valence-corrected chi connectivity index (χ4v) is 4.18. The van der Waals surface area contributed by atoms with Crippen molar-refractivity contribution in [2.45, 2.75) is 31.8 Å². The summed E-state index contributed by atoms with van der Waals surface area (Å²) in [7, 11) is 3.29. The number of rotatable bonds is 13. The van der Waals surface area contributed by atoms with E-state index in [2.05, 4.69) is 12.1 Å². The standard InChI is InChI=1S/C29H34O5/c1-22(31)8-7-9-23(20-30)21-34-29(24-10-5-4-6-11-24,25-12-16-27(32-2)17-13-25)26-14-18-28(33-3)19-15-26/h4-6,10-19,23,30H,7-9,20-21H2,1-3H3. The topological polar surface area (TPSA) is 65.0 Å². The van der Waals surface area contributed by atoms with Crippen LogP contribution in [0.5, 0.6) is 11.5 Å². The predicted octanol–water partition coefficient (Wildman–Crippen LogP) is 5.38. The number of Topliss-reactive ketones (excluding diaryl/α,β-unsaturated/α-hetero) is 1. The Morgan fingerprint density at radius 2 is 1.32 bits per heavy atom. The number of ether oxygens (including phenoxy) is 3. The van der Waals surface area contributed by atoms with Crippen LogP contribution in [0.2, 0.25) is 0 Å². The van der Waals surface area contributed by atoms with Crippen molar-refractivity contribution in [1.29, 1.82) is 0 Å². The van der Waals surface area contributed by atoms with Crippen LogP contribution in [0.3, 0.4) is 0 Å². The minimum atomic E-state index is -0.909. The van der Waals surface area contributed by atoms with Crippen LogP contribution >= 0.6 is 0 Å². The maximum atomic E-state index is 11.4. The largest absolute Gasteiger partial charge is 0.497 e. The summed E-state index contributed by atoms with van der Waals surface area (Å²) in [6, 6.07) is 25.8. The van der Waals surface area contributed by atoms with Gasteiger partial charge in [-0.2, -0.15) is 0 Å². The van der Waals surface area contributed by atoms with Crippen LogP contribution in [0, 0.1) is 5.92 Å². The van der Waals surface area contributed by atoms with Crippen molar-refractivity contribution in [3.63, 3.8) is 0 Å². The van der Waals surface area contributed by atoms with Gasteiger partial charge in [-0.3, -0.25) is 0 Å². The van der Waals surface area contributed by atoms with Gasteiger partial charge in [0.1, 0.15) is 22.9 Å². The molecule has 3 rings (SSSR count). The van der Waals surface area contributed by atoms with E-state index in [0.717, 1.165) is 34.6 Å². The molecule has 0 saturated carbocycles. The average molecular weight is 463 g/mol. The smallest absolute Gasteiger partial charge is 0.143 e. The second-order valence-corrected chi connectivity index (χ2v) is 8.46. The quantitative estimate of drug-likeness (QED) is 0.346. The van der Waals surface area contributed by atoms with Crippen molar-refractivity contribution in [2.75, 3.05) is 27.4 Å². The van der Waals surface area contributed by atoms with Crippen molar-refractivity contribution in [2.24, 2.45) is 5.92 Å². The fourth-order valence-electron chi connectivity index (χ4n) is 4.18. The number of methoxy groups -OCH3 is 2. The normalized spacial score (nSPS) is 12.2. The molecule has 1 unspecified atom stereocenters. The minimum Gasteiger partial charge on any atom is -0.497 e. The highest BCUT2D eigenvalue weighted by molar-refractivity contribution is 5.75. The minimum absolute atomic E-state index is 0.00595. The third-order valence-electron chi connectivity index (χ3n) is 6.11. The lowest BCUT2D eigenvalue weighted by atomic mass is 9.79. The molecule has 3 aromatic rings.